The molecule has 1 aromatic heterocycles. The van der Waals surface area contributed by atoms with Crippen LogP contribution >= 0.6 is 0 Å². The van der Waals surface area contributed by atoms with Gasteiger partial charge in [-0.1, -0.05) is 12.8 Å². The van der Waals surface area contributed by atoms with Crippen LogP contribution in [0.15, 0.2) is 0 Å². The molecule has 0 spiro atoms. The fraction of sp³-hybridized carbons (Fsp3) is 0.800. The van der Waals surface area contributed by atoms with Gasteiger partial charge in [0, 0.05) is 32.7 Å². The lowest BCUT2D eigenvalue weighted by atomic mass is 9.97. The molecule has 3 fully saturated rings. The molecule has 3 heterocycles. The van der Waals surface area contributed by atoms with Crippen LogP contribution in [0.2, 0.25) is 0 Å². The van der Waals surface area contributed by atoms with Gasteiger partial charge in [0.25, 0.3) is 0 Å². The highest BCUT2D eigenvalue weighted by atomic mass is 16.5. The molecular weight excluding hydrogens is 356 g/mol. The summed E-state index contributed by atoms with van der Waals surface area (Å²) < 4.78 is 5.36. The summed E-state index contributed by atoms with van der Waals surface area (Å²) in [6.45, 7) is 4.29. The van der Waals surface area contributed by atoms with Gasteiger partial charge in [-0.05, 0) is 44.4 Å². The average molecular weight is 389 g/mol. The van der Waals surface area contributed by atoms with Crippen molar-refractivity contribution < 1.29 is 9.53 Å². The number of hydrogen-bond donors (Lipinski definition) is 1. The van der Waals surface area contributed by atoms with Gasteiger partial charge in [-0.3, -0.25) is 4.79 Å². The van der Waals surface area contributed by atoms with Gasteiger partial charge in [-0.2, -0.15) is 15.0 Å². The summed E-state index contributed by atoms with van der Waals surface area (Å²) in [6.07, 6.45) is 9.24. The van der Waals surface area contributed by atoms with Crippen molar-refractivity contribution in [2.45, 2.75) is 51.4 Å². The Bertz CT molecular complexity index is 673. The van der Waals surface area contributed by atoms with Crippen LogP contribution in [0.4, 0.5) is 11.9 Å². The number of anilines is 2. The predicted octanol–water partition coefficient (Wildman–Crippen LogP) is 2.00. The summed E-state index contributed by atoms with van der Waals surface area (Å²) in [4.78, 5) is 30.7. The van der Waals surface area contributed by atoms with E-state index in [2.05, 4.69) is 25.1 Å². The summed E-state index contributed by atoms with van der Waals surface area (Å²) in [5, 5.41) is 3.13. The second kappa shape index (κ2) is 8.92. The lowest BCUT2D eigenvalue weighted by Gasteiger charge is -2.32. The van der Waals surface area contributed by atoms with Gasteiger partial charge in [0.15, 0.2) is 0 Å². The number of nitrogens with one attached hydrogen (secondary N) is 1. The molecule has 8 nitrogen and oxygen atoms in total. The predicted molar refractivity (Wildman–Crippen MR) is 108 cm³/mol. The van der Waals surface area contributed by atoms with E-state index < -0.39 is 0 Å². The summed E-state index contributed by atoms with van der Waals surface area (Å²) in [7, 11) is 1.59. The first kappa shape index (κ1) is 19.2. The van der Waals surface area contributed by atoms with Crippen LogP contribution < -0.4 is 19.9 Å². The molecule has 1 aliphatic carbocycles. The van der Waals surface area contributed by atoms with Crippen molar-refractivity contribution in [3.8, 4) is 6.01 Å². The number of aromatic nitrogens is 3. The molecule has 28 heavy (non-hydrogen) atoms. The second-order valence-electron chi connectivity index (χ2n) is 8.30. The first-order valence-corrected chi connectivity index (χ1v) is 10.8. The molecule has 0 aromatic carbocycles. The van der Waals surface area contributed by atoms with E-state index in [1.807, 2.05) is 0 Å². The Hall–Kier alpha value is -2.12. The number of carbonyl (C=O) groups is 1. The molecule has 1 N–H and O–H groups in total. The molecule has 0 radical (unpaired) electrons. The number of rotatable bonds is 6. The first-order chi connectivity index (χ1) is 13.7. The average Bonchev–Trinajstić information content (AvgIpc) is 3.58. The third-order valence-electron chi connectivity index (χ3n) is 6.00. The summed E-state index contributed by atoms with van der Waals surface area (Å²) in [6, 6.07) is 0.351. The minimum Gasteiger partial charge on any atom is -0.467 e. The molecule has 3 aliphatic rings. The Balaban J connectivity index is 1.46. The van der Waals surface area contributed by atoms with Crippen LogP contribution in [0.25, 0.3) is 0 Å². The molecular formula is C20H32N6O2. The van der Waals surface area contributed by atoms with E-state index in [9.17, 15) is 4.79 Å². The molecule has 154 valence electrons. The van der Waals surface area contributed by atoms with Crippen LogP contribution in [0, 0.1) is 11.8 Å². The number of methoxy groups -OCH3 is 1. The van der Waals surface area contributed by atoms with Gasteiger partial charge in [0.1, 0.15) is 0 Å². The second-order valence-corrected chi connectivity index (χ2v) is 8.30. The molecule has 4 rings (SSSR count). The zero-order chi connectivity index (χ0) is 19.3. The molecule has 2 aliphatic heterocycles. The van der Waals surface area contributed by atoms with Crippen LogP contribution in [0.1, 0.15) is 51.4 Å². The monoisotopic (exact) mass is 388 g/mol. The maximum absolute atomic E-state index is 12.6. The van der Waals surface area contributed by atoms with Gasteiger partial charge < -0.3 is 19.9 Å². The number of ether oxygens (including phenoxy) is 1. The Morgan fingerprint density at radius 1 is 0.964 bits per heavy atom. The van der Waals surface area contributed by atoms with E-state index in [4.69, 9.17) is 9.72 Å². The van der Waals surface area contributed by atoms with Crippen LogP contribution in [-0.2, 0) is 4.79 Å². The fourth-order valence-corrected chi connectivity index (χ4v) is 4.06. The van der Waals surface area contributed by atoms with E-state index in [-0.39, 0.29) is 11.8 Å². The summed E-state index contributed by atoms with van der Waals surface area (Å²) >= 11 is 0. The van der Waals surface area contributed by atoms with Crippen molar-refractivity contribution in [1.29, 1.82) is 0 Å². The molecule has 1 unspecified atom stereocenters. The molecule has 2 saturated heterocycles. The summed E-state index contributed by atoms with van der Waals surface area (Å²) in [5.41, 5.74) is 0. The Kier molecular flexibility index (Phi) is 6.12. The van der Waals surface area contributed by atoms with Crippen LogP contribution in [0.5, 0.6) is 6.01 Å². The van der Waals surface area contributed by atoms with E-state index in [0.717, 1.165) is 51.9 Å². The number of nitrogens with zero attached hydrogens (tertiary/aromatic N) is 5. The van der Waals surface area contributed by atoms with Crippen molar-refractivity contribution in [2.75, 3.05) is 49.6 Å². The first-order valence-electron chi connectivity index (χ1n) is 10.8. The lowest BCUT2D eigenvalue weighted by Crippen LogP contribution is -2.44. The molecule has 8 heteroatoms. The minimum atomic E-state index is -0.00287. The number of amides is 1. The van der Waals surface area contributed by atoms with Crippen molar-refractivity contribution in [3.63, 3.8) is 0 Å². The van der Waals surface area contributed by atoms with Gasteiger partial charge in [-0.25, -0.2) is 0 Å². The number of hydrogen-bond acceptors (Lipinski definition) is 7. The highest BCUT2D eigenvalue weighted by Gasteiger charge is 2.30. The van der Waals surface area contributed by atoms with Gasteiger partial charge in [-0.15, -0.1) is 0 Å². The summed E-state index contributed by atoms with van der Waals surface area (Å²) in [5.74, 6) is 2.20. The Morgan fingerprint density at radius 3 is 2.32 bits per heavy atom. The molecule has 1 amide bonds. The largest absolute Gasteiger partial charge is 0.467 e. The molecule has 0 bridgehead atoms. The topological polar surface area (TPSA) is 83.5 Å². The van der Waals surface area contributed by atoms with Crippen LogP contribution in [-0.4, -0.2) is 60.7 Å². The van der Waals surface area contributed by atoms with E-state index >= 15 is 0 Å². The zero-order valence-electron chi connectivity index (χ0n) is 16.9. The standard InChI is InChI=1S/C20H32N6O2/c1-28-20-23-18(25-10-4-2-3-5-11-25)22-19(24-20)26-12-6-7-16(14-26)17(27)21-13-15-8-9-15/h15-16H,2-14H2,1H3,(H,21,27). The van der Waals surface area contributed by atoms with Crippen molar-refractivity contribution in [3.05, 3.63) is 0 Å². The van der Waals surface area contributed by atoms with Crippen molar-refractivity contribution in [2.24, 2.45) is 11.8 Å². The van der Waals surface area contributed by atoms with Crippen molar-refractivity contribution >= 4 is 17.8 Å². The lowest BCUT2D eigenvalue weighted by molar-refractivity contribution is -0.125. The highest BCUT2D eigenvalue weighted by Crippen LogP contribution is 2.28. The van der Waals surface area contributed by atoms with E-state index in [1.54, 1.807) is 7.11 Å². The van der Waals surface area contributed by atoms with E-state index in [0.29, 0.717) is 30.4 Å². The third-order valence-corrected chi connectivity index (χ3v) is 6.00. The SMILES string of the molecule is COc1nc(N2CCCCCC2)nc(N2CCCC(C(=O)NCC3CC3)C2)n1. The number of carbonyl (C=O) groups excluding carboxylic acids is 1. The van der Waals surface area contributed by atoms with Gasteiger partial charge in [0.05, 0.1) is 13.0 Å². The van der Waals surface area contributed by atoms with E-state index in [1.165, 1.54) is 25.7 Å². The zero-order valence-corrected chi connectivity index (χ0v) is 16.9. The maximum Gasteiger partial charge on any atom is 0.322 e. The number of piperidine rings is 1. The fourth-order valence-electron chi connectivity index (χ4n) is 4.06. The smallest absolute Gasteiger partial charge is 0.322 e. The third kappa shape index (κ3) is 4.83. The maximum atomic E-state index is 12.6. The van der Waals surface area contributed by atoms with Gasteiger partial charge in [0.2, 0.25) is 17.8 Å². The van der Waals surface area contributed by atoms with Crippen LogP contribution in [0.3, 0.4) is 0 Å². The van der Waals surface area contributed by atoms with Crippen molar-refractivity contribution in [1.82, 2.24) is 20.3 Å². The molecule has 1 saturated carbocycles. The molecule has 1 aromatic rings. The Morgan fingerprint density at radius 2 is 1.64 bits per heavy atom. The minimum absolute atomic E-state index is 0.00287. The quantitative estimate of drug-likeness (QED) is 0.798. The van der Waals surface area contributed by atoms with Gasteiger partial charge >= 0.3 is 6.01 Å². The normalized spacial score (nSPS) is 23.2. The Labute approximate surface area is 167 Å². The highest BCUT2D eigenvalue weighted by molar-refractivity contribution is 5.79. The molecule has 1 atom stereocenters.